The summed E-state index contributed by atoms with van der Waals surface area (Å²) in [6.07, 6.45) is 4.82. The van der Waals surface area contributed by atoms with E-state index in [1.54, 1.807) is 6.07 Å². The zero-order valence-electron chi connectivity index (χ0n) is 13.4. The van der Waals surface area contributed by atoms with Gasteiger partial charge in [0.25, 0.3) is 5.56 Å². The third-order valence-electron chi connectivity index (χ3n) is 4.59. The first-order valence-corrected chi connectivity index (χ1v) is 8.28. The Labute approximate surface area is 135 Å². The van der Waals surface area contributed by atoms with Gasteiger partial charge >= 0.3 is 0 Å². The van der Waals surface area contributed by atoms with Crippen molar-refractivity contribution < 1.29 is 9.59 Å². The number of rotatable bonds is 5. The Morgan fingerprint density at radius 2 is 2.04 bits per heavy atom. The van der Waals surface area contributed by atoms with Gasteiger partial charge in [-0.15, -0.1) is 0 Å². The summed E-state index contributed by atoms with van der Waals surface area (Å²) >= 11 is 0. The van der Waals surface area contributed by atoms with Crippen LogP contribution in [0.5, 0.6) is 0 Å². The minimum absolute atomic E-state index is 0.0138. The van der Waals surface area contributed by atoms with Crippen LogP contribution >= 0.6 is 0 Å². The molecule has 0 spiro atoms. The van der Waals surface area contributed by atoms with E-state index in [2.05, 4.69) is 10.6 Å². The number of fused-ring (bicyclic) bond motifs is 1. The molecule has 2 amide bonds. The molecular weight excluding hydrogens is 294 g/mol. The van der Waals surface area contributed by atoms with Gasteiger partial charge in [0.15, 0.2) is 0 Å². The molecule has 0 bridgehead atoms. The van der Waals surface area contributed by atoms with Crippen LogP contribution in [-0.4, -0.2) is 29.0 Å². The fourth-order valence-corrected chi connectivity index (χ4v) is 3.19. The van der Waals surface area contributed by atoms with E-state index in [-0.39, 0.29) is 30.0 Å². The number of carbonyl (C=O) groups excluding carboxylic acids is 2. The molecule has 1 aromatic rings. The van der Waals surface area contributed by atoms with Gasteiger partial charge in [0.2, 0.25) is 11.8 Å². The Hall–Kier alpha value is -2.11. The Morgan fingerprint density at radius 1 is 1.26 bits per heavy atom. The fraction of sp³-hybridized carbons (Fsp3) is 0.588. The molecule has 1 fully saturated rings. The molecule has 23 heavy (non-hydrogen) atoms. The zero-order chi connectivity index (χ0) is 16.4. The highest BCUT2D eigenvalue weighted by atomic mass is 16.2. The predicted octanol–water partition coefficient (Wildman–Crippen LogP) is 0.368. The molecule has 6 heteroatoms. The van der Waals surface area contributed by atoms with E-state index in [1.807, 2.05) is 10.6 Å². The van der Waals surface area contributed by atoms with Crippen molar-refractivity contribution >= 4 is 11.8 Å². The fourth-order valence-electron chi connectivity index (χ4n) is 3.19. The van der Waals surface area contributed by atoms with Gasteiger partial charge in [-0.1, -0.05) is 6.07 Å². The van der Waals surface area contributed by atoms with Crippen molar-refractivity contribution in [3.63, 3.8) is 0 Å². The molecule has 0 unspecified atom stereocenters. The molecule has 0 radical (unpaired) electrons. The second-order valence-corrected chi connectivity index (χ2v) is 6.61. The normalized spacial score (nSPS) is 19.8. The quantitative estimate of drug-likeness (QED) is 0.823. The van der Waals surface area contributed by atoms with E-state index in [0.29, 0.717) is 5.92 Å². The summed E-state index contributed by atoms with van der Waals surface area (Å²) in [5.74, 6) is 0.285. The minimum atomic E-state index is -0.210. The Kier molecular flexibility index (Phi) is 4.50. The SMILES string of the molecule is CC(=O)NCC(=O)N[C@H]1CCc2c(ccc(=O)n2CC2CC2)C1. The first-order chi connectivity index (χ1) is 11.0. The van der Waals surface area contributed by atoms with Gasteiger partial charge in [0.05, 0.1) is 6.54 Å². The van der Waals surface area contributed by atoms with Gasteiger partial charge in [-0.25, -0.2) is 0 Å². The second kappa shape index (κ2) is 6.56. The topological polar surface area (TPSA) is 80.2 Å². The van der Waals surface area contributed by atoms with Crippen LogP contribution in [-0.2, 0) is 29.0 Å². The molecule has 0 aromatic carbocycles. The molecule has 2 aliphatic rings. The summed E-state index contributed by atoms with van der Waals surface area (Å²) in [5.41, 5.74) is 2.38. The summed E-state index contributed by atoms with van der Waals surface area (Å²) in [7, 11) is 0. The first-order valence-electron chi connectivity index (χ1n) is 8.28. The molecule has 0 saturated heterocycles. The lowest BCUT2D eigenvalue weighted by Crippen LogP contribution is -2.44. The average Bonchev–Trinajstić information content (AvgIpc) is 3.32. The highest BCUT2D eigenvalue weighted by Gasteiger charge is 2.27. The smallest absolute Gasteiger partial charge is 0.250 e. The second-order valence-electron chi connectivity index (χ2n) is 6.61. The van der Waals surface area contributed by atoms with Crippen LogP contribution in [0.25, 0.3) is 0 Å². The van der Waals surface area contributed by atoms with Crippen LogP contribution in [0.3, 0.4) is 0 Å². The molecular formula is C17H23N3O3. The van der Waals surface area contributed by atoms with Crippen LogP contribution in [0.4, 0.5) is 0 Å². The van der Waals surface area contributed by atoms with E-state index in [0.717, 1.165) is 37.1 Å². The molecule has 0 aliphatic heterocycles. The molecule has 2 aliphatic carbocycles. The van der Waals surface area contributed by atoms with Crippen LogP contribution in [0.1, 0.15) is 37.4 Å². The van der Waals surface area contributed by atoms with Crippen molar-refractivity contribution in [2.24, 2.45) is 5.92 Å². The molecule has 3 rings (SSSR count). The maximum absolute atomic E-state index is 12.1. The van der Waals surface area contributed by atoms with Gasteiger partial charge < -0.3 is 15.2 Å². The lowest BCUT2D eigenvalue weighted by Gasteiger charge is -2.27. The van der Waals surface area contributed by atoms with Crippen molar-refractivity contribution in [3.8, 4) is 0 Å². The van der Waals surface area contributed by atoms with E-state index in [4.69, 9.17) is 0 Å². The standard InChI is InChI=1S/C17H23N3O3/c1-11(21)18-9-16(22)19-14-5-6-15-13(8-14)4-7-17(23)20(15)10-12-2-3-12/h4,7,12,14H,2-3,5-6,8-10H2,1H3,(H,18,21)(H,19,22)/t14-/m0/s1. The summed E-state index contributed by atoms with van der Waals surface area (Å²) in [6, 6.07) is 3.60. The molecule has 1 aromatic heterocycles. The van der Waals surface area contributed by atoms with Gasteiger partial charge in [-0.3, -0.25) is 14.4 Å². The number of hydrogen-bond donors (Lipinski definition) is 2. The number of carbonyl (C=O) groups is 2. The summed E-state index contributed by atoms with van der Waals surface area (Å²) in [4.78, 5) is 34.8. The third-order valence-corrected chi connectivity index (χ3v) is 4.59. The lowest BCUT2D eigenvalue weighted by atomic mass is 9.91. The summed E-state index contributed by atoms with van der Waals surface area (Å²) < 4.78 is 1.93. The molecule has 6 nitrogen and oxygen atoms in total. The van der Waals surface area contributed by atoms with E-state index in [1.165, 1.54) is 19.8 Å². The van der Waals surface area contributed by atoms with Crippen LogP contribution < -0.4 is 16.2 Å². The van der Waals surface area contributed by atoms with Gasteiger partial charge in [0.1, 0.15) is 0 Å². The maximum Gasteiger partial charge on any atom is 0.250 e. The van der Waals surface area contributed by atoms with Crippen molar-refractivity contribution in [2.75, 3.05) is 6.54 Å². The zero-order valence-corrected chi connectivity index (χ0v) is 13.4. The third kappa shape index (κ3) is 4.00. The number of aromatic nitrogens is 1. The monoisotopic (exact) mass is 317 g/mol. The van der Waals surface area contributed by atoms with Gasteiger partial charge in [-0.05, 0) is 43.6 Å². The van der Waals surface area contributed by atoms with Crippen LogP contribution in [0, 0.1) is 5.92 Å². The van der Waals surface area contributed by atoms with E-state index in [9.17, 15) is 14.4 Å². The molecule has 1 heterocycles. The average molecular weight is 317 g/mol. The van der Waals surface area contributed by atoms with Crippen molar-refractivity contribution in [1.29, 1.82) is 0 Å². The van der Waals surface area contributed by atoms with E-state index < -0.39 is 0 Å². The highest BCUT2D eigenvalue weighted by Crippen LogP contribution is 2.31. The summed E-state index contributed by atoms with van der Waals surface area (Å²) in [5, 5.41) is 5.46. The van der Waals surface area contributed by atoms with Crippen LogP contribution in [0.15, 0.2) is 16.9 Å². The van der Waals surface area contributed by atoms with Gasteiger partial charge in [0, 0.05) is 31.3 Å². The summed E-state index contributed by atoms with van der Waals surface area (Å²) in [6.45, 7) is 2.24. The van der Waals surface area contributed by atoms with Crippen LogP contribution in [0.2, 0.25) is 0 Å². The Morgan fingerprint density at radius 3 is 2.74 bits per heavy atom. The van der Waals surface area contributed by atoms with E-state index >= 15 is 0 Å². The number of amides is 2. The minimum Gasteiger partial charge on any atom is -0.351 e. The predicted molar refractivity (Wildman–Crippen MR) is 86.1 cm³/mol. The lowest BCUT2D eigenvalue weighted by molar-refractivity contribution is -0.125. The number of nitrogens with zero attached hydrogens (tertiary/aromatic N) is 1. The molecule has 1 atom stereocenters. The largest absolute Gasteiger partial charge is 0.351 e. The number of hydrogen-bond acceptors (Lipinski definition) is 3. The highest BCUT2D eigenvalue weighted by molar-refractivity contribution is 5.83. The van der Waals surface area contributed by atoms with Crippen molar-refractivity contribution in [1.82, 2.24) is 15.2 Å². The maximum atomic E-state index is 12.1. The number of nitrogens with one attached hydrogen (secondary N) is 2. The van der Waals surface area contributed by atoms with Gasteiger partial charge in [-0.2, -0.15) is 0 Å². The Balaban J connectivity index is 1.65. The molecule has 1 saturated carbocycles. The first kappa shape index (κ1) is 15.8. The molecule has 124 valence electrons. The van der Waals surface area contributed by atoms with Crippen molar-refractivity contribution in [2.45, 2.75) is 51.6 Å². The Bertz CT molecular complexity index is 676. The van der Waals surface area contributed by atoms with Crippen molar-refractivity contribution in [3.05, 3.63) is 33.7 Å². The number of pyridine rings is 1. The molecule has 2 N–H and O–H groups in total.